The molecule has 2 rings (SSSR count). The van der Waals surface area contributed by atoms with Crippen LogP contribution >= 0.6 is 0 Å². The fourth-order valence-corrected chi connectivity index (χ4v) is 3.20. The van der Waals surface area contributed by atoms with E-state index < -0.39 is 5.60 Å². The monoisotopic (exact) mass is 232 g/mol. The van der Waals surface area contributed by atoms with Crippen LogP contribution in [-0.2, 0) is 5.60 Å². The van der Waals surface area contributed by atoms with Gasteiger partial charge in [0.05, 0.1) is 5.60 Å². The minimum absolute atomic E-state index is 0.360. The third kappa shape index (κ3) is 2.13. The SMILES string of the molecule is Cc1cccc(C2(O)CC(C)CCC2C)c1C. The molecule has 1 saturated carbocycles. The molecule has 0 spiro atoms. The van der Waals surface area contributed by atoms with Crippen molar-refractivity contribution >= 4 is 0 Å². The van der Waals surface area contributed by atoms with Crippen LogP contribution in [0.5, 0.6) is 0 Å². The zero-order valence-electron chi connectivity index (χ0n) is 11.5. The van der Waals surface area contributed by atoms with Crippen LogP contribution < -0.4 is 0 Å². The molecule has 94 valence electrons. The summed E-state index contributed by atoms with van der Waals surface area (Å²) in [6.45, 7) is 8.70. The van der Waals surface area contributed by atoms with Crippen molar-refractivity contribution in [2.24, 2.45) is 11.8 Å². The number of hydrogen-bond donors (Lipinski definition) is 1. The highest BCUT2D eigenvalue weighted by molar-refractivity contribution is 5.37. The van der Waals surface area contributed by atoms with Crippen LogP contribution in [0.3, 0.4) is 0 Å². The average molecular weight is 232 g/mol. The van der Waals surface area contributed by atoms with Crippen LogP contribution in [0.2, 0.25) is 0 Å². The van der Waals surface area contributed by atoms with Crippen LogP contribution in [0.1, 0.15) is 49.8 Å². The van der Waals surface area contributed by atoms with Gasteiger partial charge in [-0.1, -0.05) is 38.5 Å². The molecule has 0 amide bonds. The van der Waals surface area contributed by atoms with E-state index in [-0.39, 0.29) is 0 Å². The highest BCUT2D eigenvalue weighted by Crippen LogP contribution is 2.45. The number of hydrogen-bond acceptors (Lipinski definition) is 1. The van der Waals surface area contributed by atoms with Crippen molar-refractivity contribution in [3.63, 3.8) is 0 Å². The molecule has 17 heavy (non-hydrogen) atoms. The molecule has 1 heteroatoms. The van der Waals surface area contributed by atoms with Crippen LogP contribution in [0.25, 0.3) is 0 Å². The second-order valence-corrected chi connectivity index (χ2v) is 5.96. The van der Waals surface area contributed by atoms with Gasteiger partial charge in [-0.15, -0.1) is 0 Å². The van der Waals surface area contributed by atoms with Crippen molar-refractivity contribution in [2.45, 2.75) is 52.6 Å². The first-order chi connectivity index (χ1) is 7.95. The number of aliphatic hydroxyl groups is 1. The van der Waals surface area contributed by atoms with Gasteiger partial charge in [0.1, 0.15) is 0 Å². The fourth-order valence-electron chi connectivity index (χ4n) is 3.20. The fraction of sp³-hybridized carbons (Fsp3) is 0.625. The van der Waals surface area contributed by atoms with Gasteiger partial charge in [0.2, 0.25) is 0 Å². The zero-order chi connectivity index (χ0) is 12.6. The molecule has 1 N–H and O–H groups in total. The zero-order valence-corrected chi connectivity index (χ0v) is 11.5. The quantitative estimate of drug-likeness (QED) is 0.777. The third-order valence-corrected chi connectivity index (χ3v) is 4.64. The highest BCUT2D eigenvalue weighted by atomic mass is 16.3. The van der Waals surface area contributed by atoms with Gasteiger partial charge in [0.15, 0.2) is 0 Å². The molecule has 0 heterocycles. The minimum atomic E-state index is -0.617. The summed E-state index contributed by atoms with van der Waals surface area (Å²) < 4.78 is 0. The minimum Gasteiger partial charge on any atom is -0.385 e. The van der Waals surface area contributed by atoms with E-state index in [0.717, 1.165) is 18.4 Å². The summed E-state index contributed by atoms with van der Waals surface area (Å²) in [5.41, 5.74) is 3.07. The molecule has 3 unspecified atom stereocenters. The predicted molar refractivity (Wildman–Crippen MR) is 72.0 cm³/mol. The summed E-state index contributed by atoms with van der Waals surface area (Å²) in [5, 5.41) is 11.1. The van der Waals surface area contributed by atoms with Gasteiger partial charge in [-0.2, -0.15) is 0 Å². The normalized spacial score (nSPS) is 33.7. The first-order valence-electron chi connectivity index (χ1n) is 6.74. The number of benzene rings is 1. The number of aryl methyl sites for hydroxylation is 1. The van der Waals surface area contributed by atoms with Gasteiger partial charge >= 0.3 is 0 Å². The summed E-state index contributed by atoms with van der Waals surface area (Å²) >= 11 is 0. The lowest BCUT2D eigenvalue weighted by Gasteiger charge is -2.42. The lowest BCUT2D eigenvalue weighted by atomic mass is 9.67. The Hall–Kier alpha value is -0.820. The molecule has 3 atom stereocenters. The summed E-state index contributed by atoms with van der Waals surface area (Å²) in [6.07, 6.45) is 3.28. The van der Waals surface area contributed by atoms with E-state index in [0.29, 0.717) is 11.8 Å². The van der Waals surface area contributed by atoms with Crippen molar-refractivity contribution < 1.29 is 5.11 Å². The van der Waals surface area contributed by atoms with E-state index in [2.05, 4.69) is 45.9 Å². The van der Waals surface area contributed by atoms with Crippen molar-refractivity contribution in [2.75, 3.05) is 0 Å². The Bertz CT molecular complexity index is 410. The largest absolute Gasteiger partial charge is 0.385 e. The highest BCUT2D eigenvalue weighted by Gasteiger charge is 2.41. The standard InChI is InChI=1S/C16H24O/c1-11-8-9-13(3)16(17,10-11)15-7-5-6-12(2)14(15)4/h5-7,11,13,17H,8-10H2,1-4H3. The van der Waals surface area contributed by atoms with E-state index in [9.17, 15) is 5.11 Å². The Morgan fingerprint density at radius 1 is 1.18 bits per heavy atom. The van der Waals surface area contributed by atoms with E-state index in [1.807, 2.05) is 0 Å². The molecular weight excluding hydrogens is 208 g/mol. The predicted octanol–water partition coefficient (Wildman–Crippen LogP) is 3.95. The Labute approximate surface area is 105 Å². The molecule has 1 aliphatic rings. The molecule has 0 aliphatic heterocycles. The average Bonchev–Trinajstić information content (AvgIpc) is 2.28. The van der Waals surface area contributed by atoms with Crippen molar-refractivity contribution in [3.05, 3.63) is 34.9 Å². The Morgan fingerprint density at radius 2 is 1.88 bits per heavy atom. The molecular formula is C16H24O. The summed E-state index contributed by atoms with van der Waals surface area (Å²) in [4.78, 5) is 0. The van der Waals surface area contributed by atoms with Gasteiger partial charge in [0, 0.05) is 0 Å². The van der Waals surface area contributed by atoms with Crippen LogP contribution in [-0.4, -0.2) is 5.11 Å². The summed E-state index contributed by atoms with van der Waals surface area (Å²) in [5.74, 6) is 0.982. The molecule has 1 aliphatic carbocycles. The topological polar surface area (TPSA) is 20.2 Å². The molecule has 0 saturated heterocycles. The Morgan fingerprint density at radius 3 is 2.59 bits per heavy atom. The second-order valence-electron chi connectivity index (χ2n) is 5.96. The summed E-state index contributed by atoms with van der Waals surface area (Å²) in [6, 6.07) is 6.30. The maximum Gasteiger partial charge on any atom is 0.0927 e. The van der Waals surface area contributed by atoms with Gasteiger partial charge in [-0.25, -0.2) is 0 Å². The van der Waals surface area contributed by atoms with E-state index >= 15 is 0 Å². The molecule has 0 radical (unpaired) electrons. The molecule has 1 aromatic carbocycles. The lowest BCUT2D eigenvalue weighted by molar-refractivity contribution is -0.0632. The van der Waals surface area contributed by atoms with Crippen LogP contribution in [0.4, 0.5) is 0 Å². The molecule has 0 aromatic heterocycles. The van der Waals surface area contributed by atoms with Crippen molar-refractivity contribution in [1.82, 2.24) is 0 Å². The smallest absolute Gasteiger partial charge is 0.0927 e. The molecule has 1 fully saturated rings. The maximum atomic E-state index is 11.1. The van der Waals surface area contributed by atoms with E-state index in [1.165, 1.54) is 17.5 Å². The second kappa shape index (κ2) is 4.45. The first kappa shape index (κ1) is 12.6. The van der Waals surface area contributed by atoms with Gasteiger partial charge in [-0.3, -0.25) is 0 Å². The summed E-state index contributed by atoms with van der Waals surface area (Å²) in [7, 11) is 0. The van der Waals surface area contributed by atoms with Gasteiger partial charge < -0.3 is 5.11 Å². The lowest BCUT2D eigenvalue weighted by Crippen LogP contribution is -2.39. The maximum absolute atomic E-state index is 11.1. The first-order valence-corrected chi connectivity index (χ1v) is 6.74. The van der Waals surface area contributed by atoms with E-state index in [4.69, 9.17) is 0 Å². The van der Waals surface area contributed by atoms with Crippen molar-refractivity contribution in [1.29, 1.82) is 0 Å². The molecule has 1 aromatic rings. The van der Waals surface area contributed by atoms with Gasteiger partial charge in [-0.05, 0) is 55.2 Å². The Balaban J connectivity index is 2.45. The molecule has 0 bridgehead atoms. The van der Waals surface area contributed by atoms with Crippen molar-refractivity contribution in [3.8, 4) is 0 Å². The van der Waals surface area contributed by atoms with E-state index in [1.54, 1.807) is 0 Å². The number of rotatable bonds is 1. The van der Waals surface area contributed by atoms with Crippen LogP contribution in [0, 0.1) is 25.7 Å². The third-order valence-electron chi connectivity index (χ3n) is 4.64. The van der Waals surface area contributed by atoms with Crippen LogP contribution in [0.15, 0.2) is 18.2 Å². The Kier molecular flexibility index (Phi) is 3.31. The van der Waals surface area contributed by atoms with Gasteiger partial charge in [0.25, 0.3) is 0 Å². The molecule has 1 nitrogen and oxygen atoms in total.